The Morgan fingerprint density at radius 2 is 2.10 bits per heavy atom. The first-order valence-corrected chi connectivity index (χ1v) is 7.73. The Balaban J connectivity index is 1.53. The molecule has 5 heteroatoms. The molecule has 3 aliphatic rings. The Kier molecular flexibility index (Phi) is 3.07. The van der Waals surface area contributed by atoms with Crippen LogP contribution in [0.5, 0.6) is 0 Å². The van der Waals surface area contributed by atoms with Gasteiger partial charge in [0.15, 0.2) is 5.82 Å². The van der Waals surface area contributed by atoms with E-state index in [1.54, 1.807) is 7.11 Å². The van der Waals surface area contributed by atoms with E-state index >= 15 is 0 Å². The predicted molar refractivity (Wildman–Crippen MR) is 71.5 cm³/mol. The monoisotopic (exact) mass is 278 g/mol. The summed E-state index contributed by atoms with van der Waals surface area (Å²) >= 11 is 0. The van der Waals surface area contributed by atoms with Gasteiger partial charge in [-0.15, -0.1) is 0 Å². The molecule has 2 saturated carbocycles. The maximum Gasteiger partial charge on any atom is 0.230 e. The first-order valence-electron chi connectivity index (χ1n) is 7.73. The lowest BCUT2D eigenvalue weighted by Crippen LogP contribution is -2.39. The van der Waals surface area contributed by atoms with Crippen molar-refractivity contribution in [2.75, 3.05) is 26.9 Å². The Bertz CT molecular complexity index is 472. The van der Waals surface area contributed by atoms with E-state index < -0.39 is 0 Å². The van der Waals surface area contributed by atoms with Crippen LogP contribution in [-0.4, -0.2) is 37.1 Å². The van der Waals surface area contributed by atoms with E-state index in [0.717, 1.165) is 49.6 Å². The Hall–Kier alpha value is -0.940. The molecule has 0 radical (unpaired) electrons. The topological polar surface area (TPSA) is 57.4 Å². The second-order valence-electron chi connectivity index (χ2n) is 6.63. The summed E-state index contributed by atoms with van der Waals surface area (Å²) in [7, 11) is 1.74. The first kappa shape index (κ1) is 12.8. The number of rotatable bonds is 5. The van der Waals surface area contributed by atoms with Gasteiger partial charge in [-0.25, -0.2) is 0 Å². The maximum absolute atomic E-state index is 5.56. The molecule has 0 aromatic carbocycles. The summed E-state index contributed by atoms with van der Waals surface area (Å²) in [5, 5.41) is 4.28. The molecule has 20 heavy (non-hydrogen) atoms. The van der Waals surface area contributed by atoms with Gasteiger partial charge in [-0.2, -0.15) is 4.98 Å². The Morgan fingerprint density at radius 3 is 2.80 bits per heavy atom. The van der Waals surface area contributed by atoms with Crippen LogP contribution in [-0.2, 0) is 14.9 Å². The van der Waals surface area contributed by atoms with Gasteiger partial charge in [0, 0.05) is 26.2 Å². The third-order valence-electron chi connectivity index (χ3n) is 5.17. The molecule has 3 fully saturated rings. The summed E-state index contributed by atoms with van der Waals surface area (Å²) < 4.78 is 16.5. The van der Waals surface area contributed by atoms with Crippen molar-refractivity contribution in [3.05, 3.63) is 11.7 Å². The quantitative estimate of drug-likeness (QED) is 0.827. The number of hydrogen-bond acceptors (Lipinski definition) is 5. The third kappa shape index (κ3) is 2.17. The summed E-state index contributed by atoms with van der Waals surface area (Å²) in [4.78, 5) is 4.73. The molecule has 1 aliphatic heterocycles. The molecule has 0 bridgehead atoms. The van der Waals surface area contributed by atoms with Crippen LogP contribution in [0.4, 0.5) is 0 Å². The predicted octanol–water partition coefficient (Wildman–Crippen LogP) is 2.28. The lowest BCUT2D eigenvalue weighted by Gasteiger charge is -2.33. The fourth-order valence-corrected chi connectivity index (χ4v) is 3.62. The largest absolute Gasteiger partial charge is 0.384 e. The molecule has 1 aromatic heterocycles. The van der Waals surface area contributed by atoms with Crippen molar-refractivity contribution in [1.29, 1.82) is 0 Å². The van der Waals surface area contributed by atoms with Crippen molar-refractivity contribution in [3.8, 4) is 0 Å². The number of ether oxygens (including phenoxy) is 2. The maximum atomic E-state index is 5.56. The molecule has 1 saturated heterocycles. The van der Waals surface area contributed by atoms with E-state index in [9.17, 15) is 0 Å². The van der Waals surface area contributed by atoms with Gasteiger partial charge in [-0.1, -0.05) is 5.16 Å². The lowest BCUT2D eigenvalue weighted by atomic mass is 9.80. The smallest absolute Gasteiger partial charge is 0.230 e. The third-order valence-corrected chi connectivity index (χ3v) is 5.17. The van der Waals surface area contributed by atoms with Crippen LogP contribution in [0.25, 0.3) is 0 Å². The molecule has 0 N–H and O–H groups in total. The molecule has 2 atom stereocenters. The van der Waals surface area contributed by atoms with Crippen molar-refractivity contribution >= 4 is 0 Å². The minimum atomic E-state index is -0.112. The van der Waals surface area contributed by atoms with E-state index in [0.29, 0.717) is 12.5 Å². The minimum Gasteiger partial charge on any atom is -0.384 e. The minimum absolute atomic E-state index is 0.112. The van der Waals surface area contributed by atoms with Crippen molar-refractivity contribution in [2.45, 2.75) is 43.4 Å². The van der Waals surface area contributed by atoms with E-state index in [2.05, 4.69) is 5.16 Å². The van der Waals surface area contributed by atoms with Gasteiger partial charge in [0.25, 0.3) is 0 Å². The van der Waals surface area contributed by atoms with E-state index in [1.807, 2.05) is 0 Å². The van der Waals surface area contributed by atoms with Gasteiger partial charge in [0.05, 0.1) is 12.0 Å². The van der Waals surface area contributed by atoms with Crippen LogP contribution in [0.2, 0.25) is 0 Å². The molecule has 4 rings (SSSR count). The average Bonchev–Trinajstić information content (AvgIpc) is 3.37. The molecule has 0 spiro atoms. The molecular weight excluding hydrogens is 256 g/mol. The van der Waals surface area contributed by atoms with Crippen molar-refractivity contribution in [2.24, 2.45) is 11.8 Å². The SMILES string of the molecule is COCC1(c2noc([C@H]3C[C@@H]3C3CC3)n2)CCOCC1. The number of aromatic nitrogens is 2. The van der Waals surface area contributed by atoms with Gasteiger partial charge in [-0.05, 0) is 43.9 Å². The standard InChI is InChI=1S/C15H22N2O3/c1-18-9-15(4-6-19-7-5-15)14-16-13(20-17-14)12-8-11(12)10-2-3-10/h10-12H,2-9H2,1H3/t11-,12+/m1/s1. The van der Waals surface area contributed by atoms with Gasteiger partial charge in [0.2, 0.25) is 5.89 Å². The van der Waals surface area contributed by atoms with E-state index in [1.165, 1.54) is 19.3 Å². The molecular formula is C15H22N2O3. The van der Waals surface area contributed by atoms with Crippen LogP contribution in [0, 0.1) is 11.8 Å². The van der Waals surface area contributed by atoms with Gasteiger partial charge < -0.3 is 14.0 Å². The average molecular weight is 278 g/mol. The zero-order chi connectivity index (χ0) is 13.6. The van der Waals surface area contributed by atoms with Gasteiger partial charge in [0.1, 0.15) is 0 Å². The van der Waals surface area contributed by atoms with Crippen LogP contribution in [0.1, 0.15) is 49.7 Å². The zero-order valence-corrected chi connectivity index (χ0v) is 12.0. The number of nitrogens with zero attached hydrogens (tertiary/aromatic N) is 2. The van der Waals surface area contributed by atoms with Gasteiger partial charge >= 0.3 is 0 Å². The Morgan fingerprint density at radius 1 is 1.30 bits per heavy atom. The van der Waals surface area contributed by atoms with Crippen molar-refractivity contribution < 1.29 is 14.0 Å². The molecule has 2 heterocycles. The highest BCUT2D eigenvalue weighted by molar-refractivity contribution is 5.15. The molecule has 0 amide bonds. The summed E-state index contributed by atoms with van der Waals surface area (Å²) in [5.41, 5.74) is -0.112. The number of methoxy groups -OCH3 is 1. The second-order valence-corrected chi connectivity index (χ2v) is 6.63. The molecule has 2 aliphatic carbocycles. The number of hydrogen-bond donors (Lipinski definition) is 0. The molecule has 110 valence electrons. The summed E-state index contributed by atoms with van der Waals surface area (Å²) in [6.45, 7) is 2.15. The van der Waals surface area contributed by atoms with Crippen LogP contribution < -0.4 is 0 Å². The van der Waals surface area contributed by atoms with Crippen molar-refractivity contribution in [3.63, 3.8) is 0 Å². The summed E-state index contributed by atoms with van der Waals surface area (Å²) in [6.07, 6.45) is 5.86. The van der Waals surface area contributed by atoms with Crippen LogP contribution in [0.15, 0.2) is 4.52 Å². The van der Waals surface area contributed by atoms with E-state index in [-0.39, 0.29) is 5.41 Å². The highest BCUT2D eigenvalue weighted by Crippen LogP contribution is 2.59. The van der Waals surface area contributed by atoms with Crippen molar-refractivity contribution in [1.82, 2.24) is 10.1 Å². The highest BCUT2D eigenvalue weighted by Gasteiger charge is 2.51. The molecule has 5 nitrogen and oxygen atoms in total. The second kappa shape index (κ2) is 4.81. The van der Waals surface area contributed by atoms with Crippen LogP contribution in [0.3, 0.4) is 0 Å². The molecule has 1 aromatic rings. The summed E-state index contributed by atoms with van der Waals surface area (Å²) in [5.74, 6) is 3.98. The molecule has 0 unspecified atom stereocenters. The summed E-state index contributed by atoms with van der Waals surface area (Å²) in [6, 6.07) is 0. The fraction of sp³-hybridized carbons (Fsp3) is 0.867. The highest BCUT2D eigenvalue weighted by atomic mass is 16.5. The van der Waals surface area contributed by atoms with E-state index in [4.69, 9.17) is 19.0 Å². The Labute approximate surface area is 119 Å². The normalized spacial score (nSPS) is 32.2. The zero-order valence-electron chi connectivity index (χ0n) is 12.0. The fourth-order valence-electron chi connectivity index (χ4n) is 3.62. The van der Waals surface area contributed by atoms with Crippen LogP contribution >= 0.6 is 0 Å². The van der Waals surface area contributed by atoms with Gasteiger partial charge in [-0.3, -0.25) is 0 Å². The lowest BCUT2D eigenvalue weighted by molar-refractivity contribution is 0.00915. The first-order chi connectivity index (χ1) is 9.82.